The van der Waals surface area contributed by atoms with E-state index < -0.39 is 11.6 Å². The summed E-state index contributed by atoms with van der Waals surface area (Å²) in [5.41, 5.74) is 4.63. The minimum Gasteiger partial charge on any atom is -0.206 e. The third-order valence-corrected chi connectivity index (χ3v) is 8.30. The summed E-state index contributed by atoms with van der Waals surface area (Å²) in [7, 11) is 0. The van der Waals surface area contributed by atoms with Gasteiger partial charge in [-0.25, -0.2) is 13.2 Å². The summed E-state index contributed by atoms with van der Waals surface area (Å²) in [6.45, 7) is 4.20. The van der Waals surface area contributed by atoms with Crippen LogP contribution in [0.4, 0.5) is 13.2 Å². The number of benzene rings is 3. The van der Waals surface area contributed by atoms with Crippen LogP contribution in [0.15, 0.2) is 72.8 Å². The molecule has 4 rings (SSSR count). The lowest BCUT2D eigenvalue weighted by Gasteiger charge is -2.22. The zero-order valence-electron chi connectivity index (χ0n) is 24.1. The summed E-state index contributed by atoms with van der Waals surface area (Å²) in [6.07, 6.45) is 19.6. The Kier molecular flexibility index (Phi) is 11.3. The highest BCUT2D eigenvalue weighted by Crippen LogP contribution is 2.35. The van der Waals surface area contributed by atoms with Crippen LogP contribution in [-0.2, 0) is 6.42 Å². The third-order valence-electron chi connectivity index (χ3n) is 8.30. The average molecular weight is 545 g/mol. The lowest BCUT2D eigenvalue weighted by molar-refractivity contribution is 0.423. The Bertz CT molecular complexity index is 1300. The summed E-state index contributed by atoms with van der Waals surface area (Å²) >= 11 is 0. The summed E-state index contributed by atoms with van der Waals surface area (Å²) < 4.78 is 44.9. The maximum absolute atomic E-state index is 15.2. The smallest absolute Gasteiger partial charge is 0.166 e. The van der Waals surface area contributed by atoms with E-state index in [1.807, 2.05) is 31.2 Å². The topological polar surface area (TPSA) is 0 Å². The van der Waals surface area contributed by atoms with E-state index in [2.05, 4.69) is 13.0 Å². The molecule has 0 aromatic heterocycles. The van der Waals surface area contributed by atoms with Crippen molar-refractivity contribution in [2.24, 2.45) is 5.92 Å². The quantitative estimate of drug-likeness (QED) is 0.148. The van der Waals surface area contributed by atoms with Gasteiger partial charge in [0.25, 0.3) is 0 Å². The van der Waals surface area contributed by atoms with E-state index >= 15 is 4.39 Å². The van der Waals surface area contributed by atoms with Gasteiger partial charge in [-0.2, -0.15) is 0 Å². The molecule has 0 heterocycles. The zero-order chi connectivity index (χ0) is 28.3. The lowest BCUT2D eigenvalue weighted by Crippen LogP contribution is -2.05. The molecule has 1 aliphatic rings. The normalized spacial score (nSPS) is 15.5. The number of halogens is 3. The molecule has 3 heteroatoms. The fraction of sp³-hybridized carbons (Fsp3) is 0.405. The first-order valence-corrected chi connectivity index (χ1v) is 15.2. The van der Waals surface area contributed by atoms with Crippen LogP contribution in [0, 0.1) is 23.4 Å². The number of rotatable bonds is 13. The molecular weight excluding hydrogens is 501 g/mol. The van der Waals surface area contributed by atoms with Gasteiger partial charge in [-0.15, -0.1) is 0 Å². The second-order valence-electron chi connectivity index (χ2n) is 11.2. The number of unbranched alkanes of at least 4 members (excludes halogenated alkanes) is 5. The minimum absolute atomic E-state index is 0.223. The van der Waals surface area contributed by atoms with Crippen molar-refractivity contribution < 1.29 is 13.2 Å². The van der Waals surface area contributed by atoms with E-state index in [9.17, 15) is 8.78 Å². The molecule has 0 nitrogen and oxygen atoms in total. The van der Waals surface area contributed by atoms with Crippen LogP contribution >= 0.6 is 0 Å². The summed E-state index contributed by atoms with van der Waals surface area (Å²) in [5, 5.41) is 0. The first-order valence-electron chi connectivity index (χ1n) is 15.2. The van der Waals surface area contributed by atoms with Crippen LogP contribution in [0.1, 0.15) is 95.6 Å². The van der Waals surface area contributed by atoms with Crippen LogP contribution < -0.4 is 0 Å². The van der Waals surface area contributed by atoms with Gasteiger partial charge in [-0.3, -0.25) is 0 Å². The van der Waals surface area contributed by atoms with Gasteiger partial charge in [0, 0.05) is 11.1 Å². The average Bonchev–Trinajstić information content (AvgIpc) is 2.98. The van der Waals surface area contributed by atoms with Crippen molar-refractivity contribution in [2.75, 3.05) is 0 Å². The molecule has 212 valence electrons. The van der Waals surface area contributed by atoms with Gasteiger partial charge < -0.3 is 0 Å². The molecule has 1 unspecified atom stereocenters. The zero-order valence-corrected chi connectivity index (χ0v) is 24.1. The van der Waals surface area contributed by atoms with Crippen molar-refractivity contribution in [1.29, 1.82) is 0 Å². The van der Waals surface area contributed by atoms with E-state index in [1.54, 1.807) is 42.5 Å². The van der Waals surface area contributed by atoms with Crippen LogP contribution in [0.5, 0.6) is 0 Å². The molecule has 0 saturated heterocycles. The molecule has 0 bridgehead atoms. The fourth-order valence-corrected chi connectivity index (χ4v) is 5.81. The Hall–Kier alpha value is -3.07. The Morgan fingerprint density at radius 2 is 1.48 bits per heavy atom. The van der Waals surface area contributed by atoms with Crippen molar-refractivity contribution in [2.45, 2.75) is 90.9 Å². The van der Waals surface area contributed by atoms with E-state index in [0.717, 1.165) is 42.7 Å². The van der Waals surface area contributed by atoms with Crippen LogP contribution in [0.25, 0.3) is 27.8 Å². The molecule has 0 saturated carbocycles. The van der Waals surface area contributed by atoms with Gasteiger partial charge in [-0.05, 0) is 85.3 Å². The monoisotopic (exact) mass is 544 g/mol. The lowest BCUT2D eigenvalue weighted by atomic mass is 9.83. The largest absolute Gasteiger partial charge is 0.206 e. The van der Waals surface area contributed by atoms with Gasteiger partial charge in [-0.1, -0.05) is 112 Å². The van der Waals surface area contributed by atoms with Crippen LogP contribution in [-0.4, -0.2) is 0 Å². The van der Waals surface area contributed by atoms with E-state index in [4.69, 9.17) is 0 Å². The molecule has 0 spiro atoms. The second kappa shape index (κ2) is 15.1. The van der Waals surface area contributed by atoms with Crippen molar-refractivity contribution >= 4 is 5.57 Å². The fourth-order valence-electron chi connectivity index (χ4n) is 5.81. The molecule has 40 heavy (non-hydrogen) atoms. The molecular formula is C37H43F3. The Morgan fingerprint density at radius 3 is 2.15 bits per heavy atom. The third kappa shape index (κ3) is 7.77. The molecule has 3 aromatic rings. The van der Waals surface area contributed by atoms with Crippen molar-refractivity contribution in [3.63, 3.8) is 0 Å². The first kappa shape index (κ1) is 29.9. The van der Waals surface area contributed by atoms with Crippen LogP contribution in [0.2, 0.25) is 0 Å². The van der Waals surface area contributed by atoms with E-state index in [-0.39, 0.29) is 11.4 Å². The van der Waals surface area contributed by atoms with Gasteiger partial charge in [0.15, 0.2) is 11.6 Å². The van der Waals surface area contributed by atoms with E-state index in [1.165, 1.54) is 50.5 Å². The molecule has 3 aromatic carbocycles. The summed E-state index contributed by atoms with van der Waals surface area (Å²) in [5.74, 6) is -1.11. The van der Waals surface area contributed by atoms with Gasteiger partial charge in [0.1, 0.15) is 5.82 Å². The minimum atomic E-state index is -0.827. The van der Waals surface area contributed by atoms with Crippen LogP contribution in [0.3, 0.4) is 0 Å². The Labute approximate surface area is 239 Å². The Morgan fingerprint density at radius 1 is 0.775 bits per heavy atom. The van der Waals surface area contributed by atoms with Gasteiger partial charge >= 0.3 is 0 Å². The number of aryl methyl sites for hydroxylation is 1. The van der Waals surface area contributed by atoms with Gasteiger partial charge in [0.2, 0.25) is 0 Å². The predicted octanol–water partition coefficient (Wildman–Crippen LogP) is 11.9. The molecule has 0 N–H and O–H groups in total. The molecule has 0 radical (unpaired) electrons. The Balaban J connectivity index is 1.40. The maximum Gasteiger partial charge on any atom is 0.166 e. The van der Waals surface area contributed by atoms with Gasteiger partial charge in [0.05, 0.1) is 0 Å². The molecule has 0 aliphatic heterocycles. The highest BCUT2D eigenvalue weighted by atomic mass is 19.2. The molecule has 0 fully saturated rings. The highest BCUT2D eigenvalue weighted by molar-refractivity contribution is 5.74. The molecule has 0 amide bonds. The predicted molar refractivity (Wildman–Crippen MR) is 164 cm³/mol. The summed E-state index contributed by atoms with van der Waals surface area (Å²) in [4.78, 5) is 0. The maximum atomic E-state index is 15.2. The van der Waals surface area contributed by atoms with Crippen molar-refractivity contribution in [1.82, 2.24) is 0 Å². The number of allylic oxidation sites excluding steroid dienone is 4. The highest BCUT2D eigenvalue weighted by Gasteiger charge is 2.18. The molecule has 1 aliphatic carbocycles. The van der Waals surface area contributed by atoms with E-state index in [0.29, 0.717) is 23.1 Å². The SMILES string of the molecule is C/C=C\CCCc1ccc(-c2ccc(-c3ccc(C4=CCC(CCCCCCC)CC4)cc3F)cc2)c(F)c1F. The second-order valence-corrected chi connectivity index (χ2v) is 11.2. The number of hydrogen-bond donors (Lipinski definition) is 0. The van der Waals surface area contributed by atoms with Crippen molar-refractivity contribution in [3.05, 3.63) is 101 Å². The first-order chi connectivity index (χ1) is 19.5. The van der Waals surface area contributed by atoms with Crippen molar-refractivity contribution in [3.8, 4) is 22.3 Å². The standard InChI is InChI=1S/C37H43F3/c1-3-5-7-9-10-12-27-14-16-28(17-15-27)32-23-24-33(35(38)26-32)29-18-20-30(21-19-29)34-25-22-31(36(39)37(34)40)13-11-8-6-4-2/h4,6,16,18-27H,3,5,7-15,17H2,1-2H3/b6-4-. The number of hydrogen-bond acceptors (Lipinski definition) is 0. The molecule has 1 atom stereocenters. The summed E-state index contributed by atoms with van der Waals surface area (Å²) in [6, 6.07) is 15.8.